The van der Waals surface area contributed by atoms with Crippen LogP contribution >= 0.6 is 50.6 Å². The summed E-state index contributed by atoms with van der Waals surface area (Å²) in [5.74, 6) is 0.617. The molecule has 0 aliphatic carbocycles. The molecule has 0 saturated carbocycles. The van der Waals surface area contributed by atoms with Crippen molar-refractivity contribution < 1.29 is 14.3 Å². The van der Waals surface area contributed by atoms with E-state index in [0.717, 1.165) is 20.4 Å². The standard InChI is InChI=1S/C26H20BrClN6O3S2/c27-16-5-9-18(10-6-16)34-22(13-29-23(35)14-37-19-11-7-17(28)8-12-19)32-33-26(34)38-15-24(36)31-25-30-20-3-1-2-4-21(20)39-25/h1-12H,13-15H2,(H,29,35)(H,30,31,36). The van der Waals surface area contributed by atoms with Gasteiger partial charge in [-0.2, -0.15) is 0 Å². The van der Waals surface area contributed by atoms with Crippen molar-refractivity contribution in [3.63, 3.8) is 0 Å². The number of thioether (sulfide) groups is 1. The highest BCUT2D eigenvalue weighted by Gasteiger charge is 2.17. The predicted molar refractivity (Wildman–Crippen MR) is 157 cm³/mol. The van der Waals surface area contributed by atoms with Gasteiger partial charge in [-0.05, 0) is 60.7 Å². The number of anilines is 1. The van der Waals surface area contributed by atoms with E-state index in [0.29, 0.717) is 26.9 Å². The third-order valence-corrected chi connectivity index (χ3v) is 7.95. The molecule has 5 aromatic rings. The lowest BCUT2D eigenvalue weighted by Crippen LogP contribution is -2.29. The van der Waals surface area contributed by atoms with E-state index in [2.05, 4.69) is 41.7 Å². The van der Waals surface area contributed by atoms with Gasteiger partial charge in [0.05, 0.1) is 22.5 Å². The smallest absolute Gasteiger partial charge is 0.258 e. The SMILES string of the molecule is O=C(COc1ccc(Cl)cc1)NCc1nnc(SCC(=O)Nc2nc3ccccc3s2)n1-c1ccc(Br)cc1. The molecule has 5 rings (SSSR count). The molecule has 0 aliphatic heterocycles. The summed E-state index contributed by atoms with van der Waals surface area (Å²) in [5.41, 5.74) is 1.63. The highest BCUT2D eigenvalue weighted by atomic mass is 79.9. The first-order valence-corrected chi connectivity index (χ1v) is 14.6. The number of benzene rings is 3. The molecule has 2 heterocycles. The minimum Gasteiger partial charge on any atom is -0.484 e. The van der Waals surface area contributed by atoms with E-state index in [1.54, 1.807) is 24.3 Å². The summed E-state index contributed by atoms with van der Waals surface area (Å²) in [6.45, 7) is -0.0497. The van der Waals surface area contributed by atoms with Crippen LogP contribution in [0, 0.1) is 0 Å². The number of nitrogens with one attached hydrogen (secondary N) is 2. The van der Waals surface area contributed by atoms with Crippen molar-refractivity contribution >= 4 is 77.8 Å². The van der Waals surface area contributed by atoms with Gasteiger partial charge in [0, 0.05) is 15.2 Å². The Kier molecular flexibility index (Phi) is 8.77. The Bertz CT molecular complexity index is 1580. The van der Waals surface area contributed by atoms with E-state index in [-0.39, 0.29) is 30.7 Å². The van der Waals surface area contributed by atoms with Gasteiger partial charge in [-0.3, -0.25) is 14.2 Å². The van der Waals surface area contributed by atoms with Crippen LogP contribution in [0.3, 0.4) is 0 Å². The average molecular weight is 644 g/mol. The van der Waals surface area contributed by atoms with Gasteiger partial charge < -0.3 is 15.4 Å². The van der Waals surface area contributed by atoms with Gasteiger partial charge >= 0.3 is 0 Å². The van der Waals surface area contributed by atoms with Crippen LogP contribution in [0.25, 0.3) is 15.9 Å². The van der Waals surface area contributed by atoms with Crippen LogP contribution in [-0.2, 0) is 16.1 Å². The largest absolute Gasteiger partial charge is 0.484 e. The lowest BCUT2D eigenvalue weighted by molar-refractivity contribution is -0.123. The average Bonchev–Trinajstić information content (AvgIpc) is 3.54. The molecule has 0 radical (unpaired) electrons. The van der Waals surface area contributed by atoms with Gasteiger partial charge in [0.25, 0.3) is 5.91 Å². The minimum atomic E-state index is -0.320. The molecule has 0 unspecified atom stereocenters. The predicted octanol–water partition coefficient (Wildman–Crippen LogP) is 5.72. The number of halogens is 2. The molecule has 0 spiro atoms. The second-order valence-corrected chi connectivity index (χ2v) is 11.4. The topological polar surface area (TPSA) is 111 Å². The quantitative estimate of drug-likeness (QED) is 0.187. The maximum absolute atomic E-state index is 12.7. The molecule has 198 valence electrons. The molecule has 2 N–H and O–H groups in total. The number of amides is 2. The lowest BCUT2D eigenvalue weighted by atomic mass is 10.3. The highest BCUT2D eigenvalue weighted by molar-refractivity contribution is 9.10. The van der Waals surface area contributed by atoms with Crippen LogP contribution in [0.1, 0.15) is 5.82 Å². The molecule has 0 bridgehead atoms. The molecule has 0 atom stereocenters. The second kappa shape index (κ2) is 12.6. The maximum atomic E-state index is 12.7. The number of fused-ring (bicyclic) bond motifs is 1. The van der Waals surface area contributed by atoms with Crippen molar-refractivity contribution in [2.24, 2.45) is 0 Å². The summed E-state index contributed by atoms with van der Waals surface area (Å²) in [6, 6.07) is 22.0. The third kappa shape index (κ3) is 7.15. The van der Waals surface area contributed by atoms with Crippen molar-refractivity contribution in [3.8, 4) is 11.4 Å². The number of nitrogens with zero attached hydrogens (tertiary/aromatic N) is 4. The number of aromatic nitrogens is 4. The molecule has 0 aliphatic rings. The summed E-state index contributed by atoms with van der Waals surface area (Å²) < 4.78 is 9.23. The van der Waals surface area contributed by atoms with Crippen LogP contribution in [0.15, 0.2) is 82.4 Å². The van der Waals surface area contributed by atoms with Crippen molar-refractivity contribution in [1.29, 1.82) is 0 Å². The van der Waals surface area contributed by atoms with Gasteiger partial charge in [-0.1, -0.05) is 62.8 Å². The van der Waals surface area contributed by atoms with E-state index in [9.17, 15) is 9.59 Å². The number of hydrogen-bond donors (Lipinski definition) is 2. The van der Waals surface area contributed by atoms with Crippen LogP contribution in [0.4, 0.5) is 5.13 Å². The zero-order chi connectivity index (χ0) is 27.2. The number of rotatable bonds is 10. The van der Waals surface area contributed by atoms with E-state index < -0.39 is 0 Å². The van der Waals surface area contributed by atoms with Crippen LogP contribution in [-0.4, -0.2) is 43.9 Å². The molecular weight excluding hydrogens is 624 g/mol. The van der Waals surface area contributed by atoms with Gasteiger partial charge in [0.2, 0.25) is 5.91 Å². The first-order valence-electron chi connectivity index (χ1n) is 11.6. The molecule has 13 heteroatoms. The molecular formula is C26H20BrClN6O3S2. The van der Waals surface area contributed by atoms with Crippen molar-refractivity contribution in [1.82, 2.24) is 25.1 Å². The summed E-state index contributed by atoms with van der Waals surface area (Å²) in [5, 5.41) is 15.9. The Labute approximate surface area is 245 Å². The normalized spacial score (nSPS) is 10.9. The summed E-state index contributed by atoms with van der Waals surface area (Å²) >= 11 is 12.0. The van der Waals surface area contributed by atoms with Gasteiger partial charge in [0.1, 0.15) is 5.75 Å². The Balaban J connectivity index is 1.24. The molecule has 0 saturated heterocycles. The molecule has 39 heavy (non-hydrogen) atoms. The van der Waals surface area contributed by atoms with Crippen molar-refractivity contribution in [2.75, 3.05) is 17.7 Å². The maximum Gasteiger partial charge on any atom is 0.258 e. The number of ether oxygens (including phenoxy) is 1. The zero-order valence-electron chi connectivity index (χ0n) is 20.1. The monoisotopic (exact) mass is 642 g/mol. The first-order chi connectivity index (χ1) is 18.9. The van der Waals surface area contributed by atoms with Crippen LogP contribution in [0.2, 0.25) is 5.02 Å². The fourth-order valence-corrected chi connectivity index (χ4v) is 5.52. The number of carbonyl (C=O) groups excluding carboxylic acids is 2. The Morgan fingerprint density at radius 1 is 1.00 bits per heavy atom. The summed E-state index contributed by atoms with van der Waals surface area (Å²) in [4.78, 5) is 29.5. The van der Waals surface area contributed by atoms with Crippen molar-refractivity contribution in [2.45, 2.75) is 11.7 Å². The van der Waals surface area contributed by atoms with Gasteiger partial charge in [-0.25, -0.2) is 4.98 Å². The van der Waals surface area contributed by atoms with Crippen LogP contribution in [0.5, 0.6) is 5.75 Å². The Morgan fingerprint density at radius 3 is 2.54 bits per heavy atom. The third-order valence-electron chi connectivity index (χ3n) is 5.29. The number of para-hydroxylation sites is 1. The molecule has 0 fully saturated rings. The first kappa shape index (κ1) is 27.1. The van der Waals surface area contributed by atoms with E-state index in [4.69, 9.17) is 16.3 Å². The fourth-order valence-electron chi connectivity index (χ4n) is 3.48. The second-order valence-electron chi connectivity index (χ2n) is 8.05. The van der Waals surface area contributed by atoms with Gasteiger partial charge in [-0.15, -0.1) is 10.2 Å². The summed E-state index contributed by atoms with van der Waals surface area (Å²) in [6.07, 6.45) is 0. The molecule has 9 nitrogen and oxygen atoms in total. The van der Waals surface area contributed by atoms with Crippen molar-refractivity contribution in [3.05, 3.63) is 88.1 Å². The lowest BCUT2D eigenvalue weighted by Gasteiger charge is -2.11. The summed E-state index contributed by atoms with van der Waals surface area (Å²) in [7, 11) is 0. The van der Waals surface area contributed by atoms with Gasteiger partial charge in [0.15, 0.2) is 22.7 Å². The highest BCUT2D eigenvalue weighted by Crippen LogP contribution is 2.27. The number of thiazole rings is 1. The number of carbonyl (C=O) groups is 2. The number of hydrogen-bond acceptors (Lipinski definition) is 8. The van der Waals surface area contributed by atoms with E-state index in [1.165, 1.54) is 23.1 Å². The van der Waals surface area contributed by atoms with E-state index in [1.807, 2.05) is 53.1 Å². The molecule has 2 aromatic heterocycles. The fraction of sp³-hybridized carbons (Fsp3) is 0.115. The zero-order valence-corrected chi connectivity index (χ0v) is 24.1. The van der Waals surface area contributed by atoms with E-state index >= 15 is 0 Å². The Morgan fingerprint density at radius 2 is 1.77 bits per heavy atom. The minimum absolute atomic E-state index is 0.103. The van der Waals surface area contributed by atoms with Crippen LogP contribution < -0.4 is 15.4 Å². The molecule has 3 aromatic carbocycles. The molecule has 2 amide bonds. The Hall–Kier alpha value is -3.45.